The number of nitrogens with zero attached hydrogens (tertiary/aromatic N) is 5. The van der Waals surface area contributed by atoms with Crippen LogP contribution in [0.15, 0.2) is 39.6 Å². The summed E-state index contributed by atoms with van der Waals surface area (Å²) >= 11 is 0. The molecule has 1 atom stereocenters. The Balaban J connectivity index is 1.24. The molecule has 2 aliphatic rings. The average Bonchev–Trinajstić information content (AvgIpc) is 3.28. The smallest absolute Gasteiger partial charge is 0.276 e. The first-order chi connectivity index (χ1) is 13.8. The lowest BCUT2D eigenvalue weighted by molar-refractivity contribution is 0.0658. The van der Waals surface area contributed by atoms with Crippen LogP contribution in [-0.4, -0.2) is 44.2 Å². The van der Waals surface area contributed by atoms with E-state index in [1.807, 2.05) is 17.0 Å². The molecule has 1 amide bonds. The van der Waals surface area contributed by atoms with Crippen molar-refractivity contribution >= 4 is 5.91 Å². The van der Waals surface area contributed by atoms with E-state index in [9.17, 15) is 4.79 Å². The minimum Gasteiger partial charge on any atom is -0.355 e. The zero-order chi connectivity index (χ0) is 18.9. The molecular formula is C20H21N5O3. The number of hydrogen-bond acceptors (Lipinski definition) is 7. The zero-order valence-corrected chi connectivity index (χ0v) is 15.5. The summed E-state index contributed by atoms with van der Waals surface area (Å²) in [6.45, 7) is 1.39. The number of carbonyl (C=O) groups is 1. The Morgan fingerprint density at radius 3 is 2.96 bits per heavy atom. The van der Waals surface area contributed by atoms with Gasteiger partial charge in [0, 0.05) is 49.5 Å². The standard InChI is InChI=1S/C20H21N5O3/c26-20(16-10-17(27-23-16)15-4-1-7-21-11-15)25-8-2-3-13(12-25)9-18-22-19(24-28-18)14-5-6-14/h1,4,7,10-11,13-14H,2-3,5-6,8-9,12H2/t13-/m0/s1. The zero-order valence-electron chi connectivity index (χ0n) is 15.5. The summed E-state index contributed by atoms with van der Waals surface area (Å²) in [5.74, 6) is 2.76. The molecule has 4 heterocycles. The summed E-state index contributed by atoms with van der Waals surface area (Å²) in [6, 6.07) is 5.38. The number of amides is 1. The summed E-state index contributed by atoms with van der Waals surface area (Å²) < 4.78 is 10.7. The number of hydrogen-bond donors (Lipinski definition) is 0. The van der Waals surface area contributed by atoms with Crippen LogP contribution in [0, 0.1) is 5.92 Å². The Kier molecular flexibility index (Phi) is 4.38. The third-order valence-corrected chi connectivity index (χ3v) is 5.37. The fourth-order valence-electron chi connectivity index (χ4n) is 3.70. The second-order valence-corrected chi connectivity index (χ2v) is 7.60. The van der Waals surface area contributed by atoms with Gasteiger partial charge in [-0.1, -0.05) is 10.3 Å². The van der Waals surface area contributed by atoms with Gasteiger partial charge in [0.25, 0.3) is 5.91 Å². The van der Waals surface area contributed by atoms with Crippen molar-refractivity contribution in [2.24, 2.45) is 5.92 Å². The van der Waals surface area contributed by atoms with Crippen molar-refractivity contribution in [3.05, 3.63) is 48.0 Å². The maximum absolute atomic E-state index is 12.9. The SMILES string of the molecule is O=C(c1cc(-c2cccnc2)on1)N1CCC[C@@H](Cc2nc(C3CC3)no2)C1. The van der Waals surface area contributed by atoms with Crippen molar-refractivity contribution in [3.8, 4) is 11.3 Å². The van der Waals surface area contributed by atoms with E-state index >= 15 is 0 Å². The summed E-state index contributed by atoms with van der Waals surface area (Å²) in [5, 5.41) is 8.05. The number of rotatable bonds is 5. The third kappa shape index (κ3) is 3.54. The molecule has 8 heteroatoms. The minimum absolute atomic E-state index is 0.104. The largest absolute Gasteiger partial charge is 0.355 e. The topological polar surface area (TPSA) is 98.2 Å². The Labute approximate surface area is 161 Å². The van der Waals surface area contributed by atoms with Crippen LogP contribution in [0.5, 0.6) is 0 Å². The van der Waals surface area contributed by atoms with Gasteiger partial charge < -0.3 is 13.9 Å². The van der Waals surface area contributed by atoms with E-state index in [-0.39, 0.29) is 5.91 Å². The predicted octanol–water partition coefficient (Wildman–Crippen LogP) is 3.09. The fourth-order valence-corrected chi connectivity index (χ4v) is 3.70. The highest BCUT2D eigenvalue weighted by Gasteiger charge is 2.31. The highest BCUT2D eigenvalue weighted by Crippen LogP contribution is 2.38. The van der Waals surface area contributed by atoms with Crippen LogP contribution in [0.2, 0.25) is 0 Å². The average molecular weight is 379 g/mol. The number of carbonyl (C=O) groups excluding carboxylic acids is 1. The van der Waals surface area contributed by atoms with Gasteiger partial charge in [-0.2, -0.15) is 4.98 Å². The van der Waals surface area contributed by atoms with Gasteiger partial charge in [0.2, 0.25) is 5.89 Å². The molecule has 28 heavy (non-hydrogen) atoms. The predicted molar refractivity (Wildman–Crippen MR) is 98.3 cm³/mol. The molecule has 0 spiro atoms. The maximum atomic E-state index is 12.9. The number of piperidine rings is 1. The lowest BCUT2D eigenvalue weighted by Gasteiger charge is -2.31. The first-order valence-electron chi connectivity index (χ1n) is 9.75. The molecule has 0 radical (unpaired) electrons. The van der Waals surface area contributed by atoms with Gasteiger partial charge in [-0.25, -0.2) is 0 Å². The molecule has 0 bridgehead atoms. The van der Waals surface area contributed by atoms with Crippen molar-refractivity contribution < 1.29 is 13.8 Å². The molecule has 1 aliphatic carbocycles. The summed E-state index contributed by atoms with van der Waals surface area (Å²) in [4.78, 5) is 23.3. The lowest BCUT2D eigenvalue weighted by Crippen LogP contribution is -2.40. The molecule has 0 aromatic carbocycles. The van der Waals surface area contributed by atoms with E-state index in [0.717, 1.165) is 43.6 Å². The Morgan fingerprint density at radius 1 is 1.21 bits per heavy atom. The van der Waals surface area contributed by atoms with Crippen molar-refractivity contribution in [2.75, 3.05) is 13.1 Å². The molecule has 144 valence electrons. The van der Waals surface area contributed by atoms with Crippen LogP contribution < -0.4 is 0 Å². The number of likely N-dealkylation sites (tertiary alicyclic amines) is 1. The number of pyridine rings is 1. The molecule has 1 saturated carbocycles. The van der Waals surface area contributed by atoms with E-state index in [0.29, 0.717) is 42.1 Å². The molecule has 2 fully saturated rings. The summed E-state index contributed by atoms with van der Waals surface area (Å²) in [6.07, 6.45) is 8.40. The monoisotopic (exact) mass is 379 g/mol. The Morgan fingerprint density at radius 2 is 2.14 bits per heavy atom. The Hall–Kier alpha value is -3.03. The van der Waals surface area contributed by atoms with Gasteiger partial charge in [0.05, 0.1) is 0 Å². The van der Waals surface area contributed by atoms with Crippen molar-refractivity contribution in [3.63, 3.8) is 0 Å². The molecule has 0 unspecified atom stereocenters. The maximum Gasteiger partial charge on any atom is 0.276 e. The first-order valence-corrected chi connectivity index (χ1v) is 9.75. The van der Waals surface area contributed by atoms with Crippen LogP contribution in [0.1, 0.15) is 53.8 Å². The van der Waals surface area contributed by atoms with Crippen LogP contribution in [0.4, 0.5) is 0 Å². The van der Waals surface area contributed by atoms with E-state index < -0.39 is 0 Å². The first kappa shape index (κ1) is 17.1. The van der Waals surface area contributed by atoms with Gasteiger partial charge in [-0.15, -0.1) is 0 Å². The van der Waals surface area contributed by atoms with E-state index in [2.05, 4.69) is 20.3 Å². The molecule has 5 rings (SSSR count). The molecule has 1 aliphatic heterocycles. The summed E-state index contributed by atoms with van der Waals surface area (Å²) in [5.41, 5.74) is 1.13. The normalized spacial score (nSPS) is 19.7. The fraction of sp³-hybridized carbons (Fsp3) is 0.450. The molecule has 0 N–H and O–H groups in total. The molecule has 3 aromatic heterocycles. The van der Waals surface area contributed by atoms with Gasteiger partial charge >= 0.3 is 0 Å². The van der Waals surface area contributed by atoms with Gasteiger partial charge in [0.1, 0.15) is 0 Å². The van der Waals surface area contributed by atoms with E-state index in [4.69, 9.17) is 9.05 Å². The molecule has 3 aromatic rings. The highest BCUT2D eigenvalue weighted by molar-refractivity contribution is 5.93. The van der Waals surface area contributed by atoms with E-state index in [1.165, 1.54) is 0 Å². The quantitative estimate of drug-likeness (QED) is 0.672. The lowest BCUT2D eigenvalue weighted by atomic mass is 9.94. The van der Waals surface area contributed by atoms with Crippen molar-refractivity contribution in [1.29, 1.82) is 0 Å². The second kappa shape index (κ2) is 7.18. The molecule has 1 saturated heterocycles. The van der Waals surface area contributed by atoms with Crippen LogP contribution in [-0.2, 0) is 6.42 Å². The van der Waals surface area contributed by atoms with Crippen molar-refractivity contribution in [2.45, 2.75) is 38.0 Å². The van der Waals surface area contributed by atoms with Crippen LogP contribution in [0.25, 0.3) is 11.3 Å². The molecule has 8 nitrogen and oxygen atoms in total. The third-order valence-electron chi connectivity index (χ3n) is 5.37. The summed E-state index contributed by atoms with van der Waals surface area (Å²) in [7, 11) is 0. The van der Waals surface area contributed by atoms with Crippen LogP contribution in [0.3, 0.4) is 0 Å². The Bertz CT molecular complexity index is 963. The minimum atomic E-state index is -0.104. The van der Waals surface area contributed by atoms with Gasteiger partial charge in [-0.05, 0) is 43.7 Å². The van der Waals surface area contributed by atoms with Gasteiger partial charge in [-0.3, -0.25) is 9.78 Å². The molecular weight excluding hydrogens is 358 g/mol. The van der Waals surface area contributed by atoms with Gasteiger partial charge in [0.15, 0.2) is 17.3 Å². The number of aromatic nitrogens is 4. The van der Waals surface area contributed by atoms with Crippen LogP contribution >= 0.6 is 0 Å². The highest BCUT2D eigenvalue weighted by atomic mass is 16.5. The van der Waals surface area contributed by atoms with E-state index in [1.54, 1.807) is 18.5 Å². The second-order valence-electron chi connectivity index (χ2n) is 7.60. The van der Waals surface area contributed by atoms with Crippen molar-refractivity contribution in [1.82, 2.24) is 25.2 Å².